The number of unbranched alkanes of at least 4 members (excludes halogenated alkanes) is 1. The van der Waals surface area contributed by atoms with Gasteiger partial charge in [-0.3, -0.25) is 10.1 Å². The van der Waals surface area contributed by atoms with Crippen LogP contribution in [0.2, 0.25) is 0 Å². The number of para-hydroxylation sites is 1. The predicted octanol–water partition coefficient (Wildman–Crippen LogP) is 6.34. The van der Waals surface area contributed by atoms with E-state index in [-0.39, 0.29) is 10.6 Å². The third-order valence-electron chi connectivity index (χ3n) is 4.99. The van der Waals surface area contributed by atoms with Crippen LogP contribution in [-0.4, -0.2) is 11.5 Å². The topological polar surface area (TPSA) is 52.4 Å². The molecule has 0 amide bonds. The van der Waals surface area contributed by atoms with Crippen LogP contribution in [-0.2, 0) is 0 Å². The van der Waals surface area contributed by atoms with Gasteiger partial charge in [-0.2, -0.15) is 0 Å². The molecule has 0 spiro atoms. The predicted molar refractivity (Wildman–Crippen MR) is 112 cm³/mol. The highest BCUT2D eigenvalue weighted by molar-refractivity contribution is 6.07. The maximum atomic E-state index is 11.3. The molecule has 0 atom stereocenters. The molecule has 140 valence electrons. The van der Waals surface area contributed by atoms with Crippen LogP contribution in [0.15, 0.2) is 66.7 Å². The minimum Gasteiger partial charge on any atom is -0.493 e. The van der Waals surface area contributed by atoms with Gasteiger partial charge in [-0.25, -0.2) is 0 Å². The zero-order chi connectivity index (χ0) is 19.5. The lowest BCUT2D eigenvalue weighted by molar-refractivity contribution is -0.384. The summed E-state index contributed by atoms with van der Waals surface area (Å²) in [6.07, 6.45) is 4.16. The fourth-order valence-corrected chi connectivity index (χ4v) is 3.57. The summed E-state index contributed by atoms with van der Waals surface area (Å²) >= 11 is 0. The van der Waals surface area contributed by atoms with Gasteiger partial charge in [-0.05, 0) is 52.5 Å². The zero-order valence-electron chi connectivity index (χ0n) is 15.7. The van der Waals surface area contributed by atoms with E-state index in [1.54, 1.807) is 12.1 Å². The lowest BCUT2D eigenvalue weighted by Gasteiger charge is -2.10. The monoisotopic (exact) mass is 371 g/mol. The molecule has 0 aliphatic heterocycles. The summed E-state index contributed by atoms with van der Waals surface area (Å²) in [6.45, 7) is 2.81. The van der Waals surface area contributed by atoms with E-state index in [2.05, 4.69) is 25.1 Å². The molecule has 0 saturated carbocycles. The number of nitrogens with zero attached hydrogens (tertiary/aromatic N) is 1. The number of nitro benzene ring substituents is 1. The molecule has 3 aromatic rings. The number of nitro groups is 1. The van der Waals surface area contributed by atoms with E-state index < -0.39 is 0 Å². The van der Waals surface area contributed by atoms with Crippen LogP contribution in [0.25, 0.3) is 22.8 Å². The fraction of sp³-hybridized carbons (Fsp3) is 0.167. The highest BCUT2D eigenvalue weighted by Gasteiger charge is 2.25. The normalized spacial score (nSPS) is 13.2. The average Bonchev–Trinajstić information content (AvgIpc) is 3.03. The summed E-state index contributed by atoms with van der Waals surface area (Å²) in [5.74, 6) is 0.833. The molecule has 0 unspecified atom stereocenters. The van der Waals surface area contributed by atoms with Crippen LogP contribution >= 0.6 is 0 Å². The number of fused-ring (bicyclic) bond motifs is 3. The Morgan fingerprint density at radius 3 is 2.43 bits per heavy atom. The fourth-order valence-electron chi connectivity index (χ4n) is 3.57. The zero-order valence-corrected chi connectivity index (χ0v) is 15.7. The highest BCUT2D eigenvalue weighted by atomic mass is 16.6. The Morgan fingerprint density at radius 2 is 1.64 bits per heavy atom. The van der Waals surface area contributed by atoms with E-state index in [1.165, 1.54) is 0 Å². The smallest absolute Gasteiger partial charge is 0.270 e. The summed E-state index contributed by atoms with van der Waals surface area (Å²) in [7, 11) is 0. The summed E-state index contributed by atoms with van der Waals surface area (Å²) in [5, 5.41) is 11.3. The Hall–Kier alpha value is -3.40. The molecular weight excluding hydrogens is 350 g/mol. The van der Waals surface area contributed by atoms with Crippen LogP contribution in [0.1, 0.15) is 36.5 Å². The van der Waals surface area contributed by atoms with Gasteiger partial charge in [0.05, 0.1) is 11.5 Å². The molecule has 28 heavy (non-hydrogen) atoms. The lowest BCUT2D eigenvalue weighted by atomic mass is 10.0. The van der Waals surface area contributed by atoms with Crippen molar-refractivity contribution in [3.63, 3.8) is 0 Å². The van der Waals surface area contributed by atoms with Crippen molar-refractivity contribution in [2.24, 2.45) is 0 Å². The lowest BCUT2D eigenvalue weighted by Crippen LogP contribution is -1.98. The van der Waals surface area contributed by atoms with Crippen LogP contribution < -0.4 is 4.74 Å². The maximum absolute atomic E-state index is 11.3. The molecule has 0 radical (unpaired) electrons. The minimum atomic E-state index is -0.345. The van der Waals surface area contributed by atoms with Crippen molar-refractivity contribution in [3.05, 3.63) is 93.5 Å². The number of ether oxygens (including phenoxy) is 1. The van der Waals surface area contributed by atoms with Gasteiger partial charge in [-0.1, -0.05) is 55.8 Å². The molecule has 4 heteroatoms. The first-order valence-corrected chi connectivity index (χ1v) is 9.51. The quantitative estimate of drug-likeness (QED) is 0.226. The van der Waals surface area contributed by atoms with E-state index in [9.17, 15) is 10.1 Å². The molecule has 0 saturated heterocycles. The van der Waals surface area contributed by atoms with Crippen molar-refractivity contribution >= 4 is 17.3 Å². The summed E-state index contributed by atoms with van der Waals surface area (Å²) < 4.78 is 5.97. The number of benzene rings is 3. The van der Waals surface area contributed by atoms with Gasteiger partial charge in [0.15, 0.2) is 0 Å². The van der Waals surface area contributed by atoms with Crippen molar-refractivity contribution in [2.45, 2.75) is 19.8 Å². The maximum Gasteiger partial charge on any atom is 0.270 e. The molecule has 1 aliphatic carbocycles. The second kappa shape index (κ2) is 7.69. The second-order valence-corrected chi connectivity index (χ2v) is 6.83. The Bertz CT molecular complexity index is 1070. The van der Waals surface area contributed by atoms with Gasteiger partial charge in [0, 0.05) is 17.7 Å². The third kappa shape index (κ3) is 3.29. The van der Waals surface area contributed by atoms with Crippen LogP contribution in [0, 0.1) is 10.1 Å². The van der Waals surface area contributed by atoms with Crippen LogP contribution in [0.3, 0.4) is 0 Å². The number of hydrogen-bond donors (Lipinski definition) is 0. The summed E-state index contributed by atoms with van der Waals surface area (Å²) in [4.78, 5) is 11.0. The first-order chi connectivity index (χ1) is 13.7. The third-order valence-corrected chi connectivity index (χ3v) is 4.99. The van der Waals surface area contributed by atoms with Gasteiger partial charge < -0.3 is 4.74 Å². The molecule has 0 fully saturated rings. The van der Waals surface area contributed by atoms with E-state index in [0.29, 0.717) is 6.61 Å². The van der Waals surface area contributed by atoms with Crippen molar-refractivity contribution in [2.75, 3.05) is 6.61 Å². The first-order valence-electron chi connectivity index (χ1n) is 9.51. The molecule has 4 nitrogen and oxygen atoms in total. The Balaban J connectivity index is 1.84. The van der Waals surface area contributed by atoms with E-state index in [4.69, 9.17) is 4.74 Å². The SMILES string of the molecule is CCCCOc1ccccc1C=C1c2ccccc2-c2ccc([N+](=O)[O-])cc21. The van der Waals surface area contributed by atoms with Gasteiger partial charge >= 0.3 is 0 Å². The molecule has 0 bridgehead atoms. The minimum absolute atomic E-state index is 0.102. The van der Waals surface area contributed by atoms with Crippen molar-refractivity contribution < 1.29 is 9.66 Å². The largest absolute Gasteiger partial charge is 0.493 e. The molecule has 0 heterocycles. The standard InChI is InChI=1S/C24H21NO3/c1-2-3-14-28-24-11-7-4-8-17(24)15-22-20-10-6-5-9-19(20)21-13-12-18(25(26)27)16-23(21)22/h4-13,15-16H,2-3,14H2,1H3. The van der Waals surface area contributed by atoms with Crippen molar-refractivity contribution in [1.29, 1.82) is 0 Å². The Labute approximate surface area is 164 Å². The van der Waals surface area contributed by atoms with Gasteiger partial charge in [0.25, 0.3) is 5.69 Å². The first kappa shape index (κ1) is 18.0. The van der Waals surface area contributed by atoms with E-state index in [1.807, 2.05) is 42.5 Å². The van der Waals surface area contributed by atoms with Gasteiger partial charge in [0.2, 0.25) is 0 Å². The Kier molecular flexibility index (Phi) is 4.94. The van der Waals surface area contributed by atoms with E-state index in [0.717, 1.165) is 52.0 Å². The van der Waals surface area contributed by atoms with Crippen LogP contribution in [0.4, 0.5) is 5.69 Å². The van der Waals surface area contributed by atoms with Gasteiger partial charge in [0.1, 0.15) is 5.75 Å². The average molecular weight is 371 g/mol. The molecule has 1 aliphatic rings. The molecule has 0 N–H and O–H groups in total. The molecule has 3 aromatic carbocycles. The Morgan fingerprint density at radius 1 is 0.929 bits per heavy atom. The number of non-ortho nitro benzene ring substituents is 1. The molecule has 0 aromatic heterocycles. The van der Waals surface area contributed by atoms with Crippen molar-refractivity contribution in [3.8, 4) is 16.9 Å². The van der Waals surface area contributed by atoms with Crippen LogP contribution in [0.5, 0.6) is 5.75 Å². The summed E-state index contributed by atoms with van der Waals surface area (Å²) in [6, 6.07) is 21.1. The van der Waals surface area contributed by atoms with Crippen molar-refractivity contribution in [1.82, 2.24) is 0 Å². The summed E-state index contributed by atoms with van der Waals surface area (Å²) in [5.41, 5.74) is 6.16. The number of rotatable bonds is 6. The second-order valence-electron chi connectivity index (χ2n) is 6.83. The van der Waals surface area contributed by atoms with E-state index >= 15 is 0 Å². The van der Waals surface area contributed by atoms with Gasteiger partial charge in [-0.15, -0.1) is 0 Å². The molecular formula is C24H21NO3. The molecule has 4 rings (SSSR count). The highest BCUT2D eigenvalue weighted by Crippen LogP contribution is 2.46. The number of hydrogen-bond acceptors (Lipinski definition) is 3.